The van der Waals surface area contributed by atoms with Gasteiger partial charge in [-0.2, -0.15) is 5.10 Å². The van der Waals surface area contributed by atoms with Gasteiger partial charge in [0.1, 0.15) is 22.0 Å². The summed E-state index contributed by atoms with van der Waals surface area (Å²) in [5.41, 5.74) is 1.86. The van der Waals surface area contributed by atoms with E-state index in [0.717, 1.165) is 27.1 Å². The maximum atomic E-state index is 12.9. The van der Waals surface area contributed by atoms with Crippen molar-refractivity contribution in [2.45, 2.75) is 23.0 Å². The zero-order valence-electron chi connectivity index (χ0n) is 17.4. The molecule has 1 unspecified atom stereocenters. The second-order valence-corrected chi connectivity index (χ2v) is 9.21. The van der Waals surface area contributed by atoms with Gasteiger partial charge in [0.2, 0.25) is 11.8 Å². The lowest BCUT2D eigenvalue weighted by Crippen LogP contribution is -2.36. The van der Waals surface area contributed by atoms with E-state index in [-0.39, 0.29) is 17.6 Å². The molecule has 1 atom stereocenters. The Morgan fingerprint density at radius 2 is 2.03 bits per heavy atom. The van der Waals surface area contributed by atoms with Crippen LogP contribution in [0.25, 0.3) is 10.9 Å². The minimum Gasteiger partial charge on any atom is -0.497 e. The molecule has 2 aromatic heterocycles. The standard InChI is InChI=1S/C23H20N4O4S/c1-23(22(29)25-20-11-21(28)27-26-20)12-13-3-4-15(10-19(13)32-23)31-18-7-8-24-17-9-14(30-2)5-6-16(17)18/h3-11H,12H2,1-2H3,(H3,25,26,27,28,29). The maximum absolute atomic E-state index is 12.9. The van der Waals surface area contributed by atoms with Crippen LogP contribution in [0.2, 0.25) is 0 Å². The predicted octanol–water partition coefficient (Wildman–Crippen LogP) is 4.51. The summed E-state index contributed by atoms with van der Waals surface area (Å²) in [4.78, 5) is 18.3. The number of nitrogens with zero attached hydrogens (tertiary/aromatic N) is 2. The normalized spacial score (nSPS) is 17.2. The molecule has 5 rings (SSSR count). The number of aromatic hydroxyl groups is 1. The molecule has 32 heavy (non-hydrogen) atoms. The largest absolute Gasteiger partial charge is 0.497 e. The molecular weight excluding hydrogens is 428 g/mol. The second-order valence-electron chi connectivity index (χ2n) is 7.67. The summed E-state index contributed by atoms with van der Waals surface area (Å²) >= 11 is 1.48. The number of carbonyl (C=O) groups excluding carboxylic acids is 1. The number of hydrogen-bond donors (Lipinski definition) is 3. The van der Waals surface area contributed by atoms with Gasteiger partial charge in [-0.1, -0.05) is 6.07 Å². The Balaban J connectivity index is 1.36. The predicted molar refractivity (Wildman–Crippen MR) is 122 cm³/mol. The number of fused-ring (bicyclic) bond motifs is 2. The molecular formula is C23H20N4O4S. The van der Waals surface area contributed by atoms with E-state index in [2.05, 4.69) is 20.5 Å². The minimum absolute atomic E-state index is 0.100. The first-order valence-electron chi connectivity index (χ1n) is 9.92. The molecule has 2 aromatic carbocycles. The number of thioether (sulfide) groups is 1. The second kappa shape index (κ2) is 7.76. The Labute approximate surface area is 188 Å². The van der Waals surface area contributed by atoms with Crippen LogP contribution in [0.1, 0.15) is 12.5 Å². The van der Waals surface area contributed by atoms with E-state index in [0.29, 0.717) is 17.9 Å². The molecule has 3 N–H and O–H groups in total. The van der Waals surface area contributed by atoms with Crippen LogP contribution in [0.15, 0.2) is 59.6 Å². The van der Waals surface area contributed by atoms with Crippen molar-refractivity contribution in [1.29, 1.82) is 0 Å². The van der Waals surface area contributed by atoms with E-state index in [4.69, 9.17) is 9.47 Å². The van der Waals surface area contributed by atoms with E-state index in [1.165, 1.54) is 17.8 Å². The summed E-state index contributed by atoms with van der Waals surface area (Å²) in [5.74, 6) is 2.12. The summed E-state index contributed by atoms with van der Waals surface area (Å²) in [6.45, 7) is 1.89. The molecule has 4 aromatic rings. The quantitative estimate of drug-likeness (QED) is 0.412. The van der Waals surface area contributed by atoms with Crippen LogP contribution in [-0.2, 0) is 11.2 Å². The van der Waals surface area contributed by atoms with E-state index in [9.17, 15) is 9.90 Å². The topological polar surface area (TPSA) is 109 Å². The van der Waals surface area contributed by atoms with E-state index in [1.54, 1.807) is 13.3 Å². The van der Waals surface area contributed by atoms with Crippen LogP contribution in [0.3, 0.4) is 0 Å². The molecule has 3 heterocycles. The van der Waals surface area contributed by atoms with Crippen LogP contribution in [-0.4, -0.2) is 38.1 Å². The van der Waals surface area contributed by atoms with Crippen LogP contribution in [0.5, 0.6) is 23.1 Å². The monoisotopic (exact) mass is 448 g/mol. The molecule has 9 heteroatoms. The van der Waals surface area contributed by atoms with Gasteiger partial charge in [-0.15, -0.1) is 11.8 Å². The molecule has 0 bridgehead atoms. The maximum Gasteiger partial charge on any atom is 0.242 e. The third-order valence-corrected chi connectivity index (χ3v) is 6.71. The average molecular weight is 449 g/mol. The van der Waals surface area contributed by atoms with Crippen LogP contribution >= 0.6 is 11.8 Å². The van der Waals surface area contributed by atoms with Crippen molar-refractivity contribution in [2.24, 2.45) is 0 Å². The van der Waals surface area contributed by atoms with Crippen molar-refractivity contribution >= 4 is 34.4 Å². The Kier molecular flexibility index (Phi) is 4.90. The van der Waals surface area contributed by atoms with Crippen LogP contribution in [0, 0.1) is 0 Å². The fourth-order valence-corrected chi connectivity index (χ4v) is 4.98. The van der Waals surface area contributed by atoms with Crippen molar-refractivity contribution in [3.63, 3.8) is 0 Å². The summed E-state index contributed by atoms with van der Waals surface area (Å²) < 4.78 is 10.8. The number of aromatic nitrogens is 3. The number of H-pyrrole nitrogens is 1. The highest BCUT2D eigenvalue weighted by Crippen LogP contribution is 2.47. The molecule has 1 aliphatic rings. The number of amides is 1. The molecule has 162 valence electrons. The van der Waals surface area contributed by atoms with E-state index in [1.807, 2.05) is 49.4 Å². The Morgan fingerprint density at radius 3 is 2.81 bits per heavy atom. The summed E-state index contributed by atoms with van der Waals surface area (Å²) in [6, 6.07) is 14.7. The lowest BCUT2D eigenvalue weighted by atomic mass is 10.00. The van der Waals surface area contributed by atoms with E-state index >= 15 is 0 Å². The number of aromatic amines is 1. The lowest BCUT2D eigenvalue weighted by molar-refractivity contribution is -0.118. The van der Waals surface area contributed by atoms with Gasteiger partial charge in [-0.05, 0) is 49.2 Å². The molecule has 1 amide bonds. The highest BCUT2D eigenvalue weighted by atomic mass is 32.2. The Bertz CT molecular complexity index is 1340. The fourth-order valence-electron chi connectivity index (χ4n) is 3.68. The van der Waals surface area contributed by atoms with Crippen molar-refractivity contribution in [3.8, 4) is 23.1 Å². The van der Waals surface area contributed by atoms with Gasteiger partial charge in [-0.3, -0.25) is 9.78 Å². The SMILES string of the molecule is COc1ccc2c(Oc3ccc4c(c3)SC(C)(C(=O)Nc3cc(O)[nH]n3)C4)ccnc2c1. The molecule has 0 saturated carbocycles. The van der Waals surface area contributed by atoms with Crippen LogP contribution < -0.4 is 14.8 Å². The highest BCUT2D eigenvalue weighted by molar-refractivity contribution is 8.01. The van der Waals surface area contributed by atoms with E-state index < -0.39 is 4.75 Å². The number of anilines is 1. The van der Waals surface area contributed by atoms with Gasteiger partial charge in [-0.25, -0.2) is 5.10 Å². The number of methoxy groups -OCH3 is 1. The van der Waals surface area contributed by atoms with Gasteiger partial charge in [0.15, 0.2) is 5.82 Å². The van der Waals surface area contributed by atoms with Gasteiger partial charge >= 0.3 is 0 Å². The van der Waals surface area contributed by atoms with Gasteiger partial charge in [0.25, 0.3) is 0 Å². The summed E-state index contributed by atoms with van der Waals surface area (Å²) in [6.07, 6.45) is 2.28. The number of carbonyl (C=O) groups is 1. The first-order chi connectivity index (χ1) is 15.4. The number of ether oxygens (including phenoxy) is 2. The highest BCUT2D eigenvalue weighted by Gasteiger charge is 2.41. The number of nitrogens with one attached hydrogen (secondary N) is 2. The molecule has 0 radical (unpaired) electrons. The first kappa shape index (κ1) is 20.2. The molecule has 0 aliphatic carbocycles. The number of rotatable bonds is 5. The minimum atomic E-state index is -0.699. The fraction of sp³-hybridized carbons (Fsp3) is 0.174. The molecule has 0 saturated heterocycles. The first-order valence-corrected chi connectivity index (χ1v) is 10.7. The number of hydrogen-bond acceptors (Lipinski definition) is 7. The van der Waals surface area contributed by atoms with Crippen LogP contribution in [0.4, 0.5) is 5.82 Å². The molecule has 8 nitrogen and oxygen atoms in total. The van der Waals surface area contributed by atoms with Gasteiger partial charge in [0, 0.05) is 28.6 Å². The zero-order valence-corrected chi connectivity index (χ0v) is 18.2. The number of pyridine rings is 1. The number of benzene rings is 2. The molecule has 1 aliphatic heterocycles. The summed E-state index contributed by atoms with van der Waals surface area (Å²) in [5, 5.41) is 19.3. The van der Waals surface area contributed by atoms with Crippen molar-refractivity contribution in [1.82, 2.24) is 15.2 Å². The van der Waals surface area contributed by atoms with Crippen molar-refractivity contribution in [3.05, 3.63) is 60.3 Å². The summed E-state index contributed by atoms with van der Waals surface area (Å²) in [7, 11) is 1.62. The third-order valence-electron chi connectivity index (χ3n) is 5.33. The Morgan fingerprint density at radius 1 is 1.19 bits per heavy atom. The zero-order chi connectivity index (χ0) is 22.3. The molecule has 0 fully saturated rings. The lowest BCUT2D eigenvalue weighted by Gasteiger charge is -2.20. The van der Waals surface area contributed by atoms with Crippen molar-refractivity contribution in [2.75, 3.05) is 12.4 Å². The average Bonchev–Trinajstić information content (AvgIpc) is 3.35. The molecule has 0 spiro atoms. The Hall–Kier alpha value is -3.72. The smallest absolute Gasteiger partial charge is 0.242 e. The third kappa shape index (κ3) is 3.71. The van der Waals surface area contributed by atoms with Gasteiger partial charge in [0.05, 0.1) is 12.6 Å². The van der Waals surface area contributed by atoms with Gasteiger partial charge < -0.3 is 19.9 Å². The van der Waals surface area contributed by atoms with Crippen molar-refractivity contribution < 1.29 is 19.4 Å².